The van der Waals surface area contributed by atoms with Gasteiger partial charge in [0.05, 0.1) is 5.52 Å². The molecule has 0 radical (unpaired) electrons. The summed E-state index contributed by atoms with van der Waals surface area (Å²) in [5.74, 6) is 0. The number of fused-ring (bicyclic) bond motifs is 1. The molecule has 5 heteroatoms. The van der Waals surface area contributed by atoms with Gasteiger partial charge < -0.3 is 0 Å². The van der Waals surface area contributed by atoms with Gasteiger partial charge in [0.2, 0.25) is 0 Å². The number of alkyl halides is 3. The Labute approximate surface area is 86.3 Å². The first kappa shape index (κ1) is 9.58. The summed E-state index contributed by atoms with van der Waals surface area (Å²) >= 11 is 3.09. The highest BCUT2D eigenvalue weighted by molar-refractivity contribution is 9.10. The minimum atomic E-state index is -4.37. The van der Waals surface area contributed by atoms with Gasteiger partial charge in [-0.2, -0.15) is 0 Å². The Morgan fingerprint density at radius 2 is 1.79 bits per heavy atom. The largest absolute Gasteiger partial charge is 0.488 e. The second-order valence-corrected chi connectivity index (χ2v) is 3.69. The van der Waals surface area contributed by atoms with Gasteiger partial charge in [-0.25, -0.2) is 0 Å². The number of para-hydroxylation sites is 1. The van der Waals surface area contributed by atoms with Crippen LogP contribution in [0, 0.1) is 0 Å². The van der Waals surface area contributed by atoms with Crippen LogP contribution in [0.5, 0.6) is 0 Å². The highest BCUT2D eigenvalue weighted by Crippen LogP contribution is 2.33. The molecule has 0 fully saturated rings. The lowest BCUT2D eigenvalue weighted by Crippen LogP contribution is -2.14. The zero-order valence-electron chi connectivity index (χ0n) is 6.85. The van der Waals surface area contributed by atoms with E-state index in [2.05, 4.69) is 15.9 Å². The van der Waals surface area contributed by atoms with Crippen LogP contribution < -0.4 is 0 Å². The molecule has 0 amide bonds. The molecule has 0 atom stereocenters. The van der Waals surface area contributed by atoms with Gasteiger partial charge in [0.25, 0.3) is 0 Å². The molecule has 2 rings (SSSR count). The van der Waals surface area contributed by atoms with E-state index >= 15 is 0 Å². The van der Waals surface area contributed by atoms with Gasteiger partial charge in [0.1, 0.15) is 0 Å². The Bertz CT molecular complexity index is 472. The van der Waals surface area contributed by atoms with Crippen LogP contribution in [0.3, 0.4) is 0 Å². The highest BCUT2D eigenvalue weighted by atomic mass is 79.9. The molecule has 0 spiro atoms. The summed E-state index contributed by atoms with van der Waals surface area (Å²) in [5, 5.41) is 0.560. The normalized spacial score (nSPS) is 12.3. The van der Waals surface area contributed by atoms with Crippen LogP contribution in [-0.2, 0) is 6.30 Å². The molecule has 1 nitrogen and oxygen atoms in total. The Morgan fingerprint density at radius 1 is 1.14 bits per heavy atom. The number of aromatic nitrogens is 1. The molecule has 1 aromatic carbocycles. The van der Waals surface area contributed by atoms with Crippen molar-refractivity contribution in [3.05, 3.63) is 34.9 Å². The van der Waals surface area contributed by atoms with Crippen molar-refractivity contribution in [3.63, 3.8) is 0 Å². The Balaban J connectivity index is 2.80. The maximum absolute atomic E-state index is 12.5. The molecule has 1 heterocycles. The maximum atomic E-state index is 12.5. The van der Waals surface area contributed by atoms with E-state index in [9.17, 15) is 13.2 Å². The van der Waals surface area contributed by atoms with E-state index in [1.165, 1.54) is 6.07 Å². The molecule has 0 bridgehead atoms. The Kier molecular flexibility index (Phi) is 2.06. The molecule has 0 aliphatic rings. The molecule has 14 heavy (non-hydrogen) atoms. The zero-order chi connectivity index (χ0) is 10.3. The molecule has 0 aliphatic heterocycles. The van der Waals surface area contributed by atoms with Gasteiger partial charge in [-0.3, -0.25) is 4.57 Å². The SMILES string of the molecule is FC(F)(F)n1cc(Br)c2ccccc21. The molecule has 0 saturated carbocycles. The number of rotatable bonds is 0. The minimum Gasteiger partial charge on any atom is -0.258 e. The maximum Gasteiger partial charge on any atom is 0.488 e. The average molecular weight is 264 g/mol. The van der Waals surface area contributed by atoms with Crippen molar-refractivity contribution < 1.29 is 13.2 Å². The molecule has 2 aromatic rings. The van der Waals surface area contributed by atoms with Crippen LogP contribution in [0.4, 0.5) is 13.2 Å². The van der Waals surface area contributed by atoms with Crippen LogP contribution in [-0.4, -0.2) is 4.57 Å². The number of benzene rings is 1. The van der Waals surface area contributed by atoms with Crippen LogP contribution in [0.1, 0.15) is 0 Å². The van der Waals surface area contributed by atoms with Crippen LogP contribution in [0.15, 0.2) is 34.9 Å². The first-order valence-corrected chi connectivity index (χ1v) is 4.62. The van der Waals surface area contributed by atoms with Gasteiger partial charge in [-0.1, -0.05) is 18.2 Å². The second-order valence-electron chi connectivity index (χ2n) is 2.83. The third-order valence-electron chi connectivity index (χ3n) is 1.94. The monoisotopic (exact) mass is 263 g/mol. The molecule has 74 valence electrons. The lowest BCUT2D eigenvalue weighted by molar-refractivity contribution is -0.200. The summed E-state index contributed by atoms with van der Waals surface area (Å²) in [7, 11) is 0. The molecule has 0 N–H and O–H groups in total. The quantitative estimate of drug-likeness (QED) is 0.680. The minimum absolute atomic E-state index is 0.159. The van der Waals surface area contributed by atoms with Crippen molar-refractivity contribution in [2.75, 3.05) is 0 Å². The molecule has 0 saturated heterocycles. The number of nitrogens with zero attached hydrogens (tertiary/aromatic N) is 1. The Hall–Kier alpha value is -0.970. The molecule has 1 aromatic heterocycles. The van der Waals surface area contributed by atoms with E-state index < -0.39 is 6.30 Å². The fourth-order valence-corrected chi connectivity index (χ4v) is 1.89. The van der Waals surface area contributed by atoms with Crippen molar-refractivity contribution in [1.82, 2.24) is 4.57 Å². The van der Waals surface area contributed by atoms with E-state index in [-0.39, 0.29) is 5.52 Å². The smallest absolute Gasteiger partial charge is 0.258 e. The second kappa shape index (κ2) is 3.02. The van der Waals surface area contributed by atoms with Crippen LogP contribution in [0.25, 0.3) is 10.9 Å². The van der Waals surface area contributed by atoms with Crippen molar-refractivity contribution >= 4 is 26.8 Å². The zero-order valence-corrected chi connectivity index (χ0v) is 8.43. The van der Waals surface area contributed by atoms with Crippen molar-refractivity contribution in [2.24, 2.45) is 0 Å². The van der Waals surface area contributed by atoms with E-state index in [4.69, 9.17) is 0 Å². The summed E-state index contributed by atoms with van der Waals surface area (Å²) in [4.78, 5) is 0. The van der Waals surface area contributed by atoms with Gasteiger partial charge >= 0.3 is 6.30 Å². The lowest BCUT2D eigenvalue weighted by Gasteiger charge is -2.08. The summed E-state index contributed by atoms with van der Waals surface area (Å²) in [5.41, 5.74) is 0.159. The van der Waals surface area contributed by atoms with Gasteiger partial charge in [0, 0.05) is 16.1 Å². The molecular formula is C9H5BrF3N. The molecular weight excluding hydrogens is 259 g/mol. The Morgan fingerprint density at radius 3 is 2.43 bits per heavy atom. The summed E-state index contributed by atoms with van der Waals surface area (Å²) in [6.07, 6.45) is -3.34. The predicted molar refractivity (Wildman–Crippen MR) is 50.9 cm³/mol. The van der Waals surface area contributed by atoms with E-state index in [1.54, 1.807) is 18.2 Å². The summed E-state index contributed by atoms with van der Waals surface area (Å²) in [6, 6.07) is 6.36. The third-order valence-corrected chi connectivity index (χ3v) is 2.57. The molecule has 0 aliphatic carbocycles. The number of hydrogen-bond acceptors (Lipinski definition) is 0. The van der Waals surface area contributed by atoms with Crippen LogP contribution in [0.2, 0.25) is 0 Å². The first-order chi connectivity index (χ1) is 6.50. The van der Waals surface area contributed by atoms with Crippen molar-refractivity contribution in [1.29, 1.82) is 0 Å². The van der Waals surface area contributed by atoms with E-state index in [0.717, 1.165) is 6.20 Å². The van der Waals surface area contributed by atoms with E-state index in [0.29, 0.717) is 14.4 Å². The van der Waals surface area contributed by atoms with Gasteiger partial charge in [-0.15, -0.1) is 13.2 Å². The third kappa shape index (κ3) is 1.41. The fourth-order valence-electron chi connectivity index (χ4n) is 1.35. The van der Waals surface area contributed by atoms with Gasteiger partial charge in [-0.05, 0) is 22.0 Å². The summed E-state index contributed by atoms with van der Waals surface area (Å²) in [6.45, 7) is 0. The predicted octanol–water partition coefficient (Wildman–Crippen LogP) is 3.88. The van der Waals surface area contributed by atoms with Crippen molar-refractivity contribution in [2.45, 2.75) is 6.30 Å². The number of hydrogen-bond donors (Lipinski definition) is 0. The lowest BCUT2D eigenvalue weighted by atomic mass is 10.2. The summed E-state index contributed by atoms with van der Waals surface area (Å²) < 4.78 is 38.2. The van der Waals surface area contributed by atoms with E-state index in [1.807, 2.05) is 0 Å². The highest BCUT2D eigenvalue weighted by Gasteiger charge is 2.32. The fraction of sp³-hybridized carbons (Fsp3) is 0.111. The number of halogens is 4. The topological polar surface area (TPSA) is 4.93 Å². The first-order valence-electron chi connectivity index (χ1n) is 3.83. The average Bonchev–Trinajstić information content (AvgIpc) is 2.44. The van der Waals surface area contributed by atoms with Crippen LogP contribution >= 0.6 is 15.9 Å². The molecule has 0 unspecified atom stereocenters. The standard InChI is InChI=1S/C9H5BrF3N/c10-7-5-14(9(11,12)13)8-4-2-1-3-6(7)8/h1-5H. The van der Waals surface area contributed by atoms with Gasteiger partial charge in [0.15, 0.2) is 0 Å². The van der Waals surface area contributed by atoms with Crippen molar-refractivity contribution in [3.8, 4) is 0 Å².